The molecule has 1 heterocycles. The Morgan fingerprint density at radius 2 is 2.22 bits per heavy atom. The third-order valence-corrected chi connectivity index (χ3v) is 2.66. The third-order valence-electron chi connectivity index (χ3n) is 2.46. The lowest BCUT2D eigenvalue weighted by molar-refractivity contribution is -0.119. The molecule has 0 aliphatic carbocycles. The number of nitrogens with two attached hydrogens (primary N) is 1. The smallest absolute Gasteiger partial charge is 0.239 e. The lowest BCUT2D eigenvalue weighted by atomic mass is 10.3. The van der Waals surface area contributed by atoms with Crippen LogP contribution in [0.2, 0.25) is 0 Å². The van der Waals surface area contributed by atoms with Crippen LogP contribution >= 0.6 is 12.2 Å². The number of pyridine rings is 1. The van der Waals surface area contributed by atoms with E-state index in [4.69, 9.17) is 18.0 Å². The van der Waals surface area contributed by atoms with Crippen molar-refractivity contribution < 1.29 is 4.79 Å². The molecule has 1 aromatic heterocycles. The molecule has 0 atom stereocenters. The van der Waals surface area contributed by atoms with Gasteiger partial charge in [-0.2, -0.15) is 0 Å². The molecule has 3 N–H and O–H groups in total. The number of hydrogen-bond acceptors (Lipinski definition) is 4. The second kappa shape index (κ2) is 6.90. The number of hydrogen-bond donors (Lipinski definition) is 2. The highest BCUT2D eigenvalue weighted by molar-refractivity contribution is 7.80. The number of aromatic nitrogens is 1. The highest BCUT2D eigenvalue weighted by atomic mass is 32.1. The van der Waals surface area contributed by atoms with Crippen LogP contribution < -0.4 is 16.0 Å². The van der Waals surface area contributed by atoms with E-state index in [1.54, 1.807) is 12.3 Å². The first-order chi connectivity index (χ1) is 8.58. The van der Waals surface area contributed by atoms with Gasteiger partial charge in [0.1, 0.15) is 4.99 Å². The minimum Gasteiger partial charge on any atom is -0.388 e. The van der Waals surface area contributed by atoms with Crippen LogP contribution in [0, 0.1) is 0 Å². The summed E-state index contributed by atoms with van der Waals surface area (Å²) in [6, 6.07) is 3.63. The molecule has 98 valence electrons. The lowest BCUT2D eigenvalue weighted by Gasteiger charge is -2.22. The SMILES string of the molecule is CCNC(=O)CN(CC)c1ccc(C(N)=S)nc1. The average molecular weight is 266 g/mol. The number of nitrogens with zero attached hydrogens (tertiary/aromatic N) is 2. The molecular weight excluding hydrogens is 248 g/mol. The van der Waals surface area contributed by atoms with Crippen LogP contribution in [0.25, 0.3) is 0 Å². The first kappa shape index (κ1) is 14.4. The summed E-state index contributed by atoms with van der Waals surface area (Å²) in [5.74, 6) is -0.00206. The Kier molecular flexibility index (Phi) is 5.51. The first-order valence-corrected chi connectivity index (χ1v) is 6.26. The number of amides is 1. The van der Waals surface area contributed by atoms with Gasteiger partial charge in [0.05, 0.1) is 24.1 Å². The Balaban J connectivity index is 2.76. The normalized spacial score (nSPS) is 9.89. The summed E-state index contributed by atoms with van der Waals surface area (Å²) in [6.45, 7) is 5.56. The fraction of sp³-hybridized carbons (Fsp3) is 0.417. The summed E-state index contributed by atoms with van der Waals surface area (Å²) in [5.41, 5.74) is 6.95. The molecule has 0 fully saturated rings. The summed E-state index contributed by atoms with van der Waals surface area (Å²) < 4.78 is 0. The number of anilines is 1. The van der Waals surface area contributed by atoms with Gasteiger partial charge in [0.25, 0.3) is 0 Å². The van der Waals surface area contributed by atoms with Gasteiger partial charge < -0.3 is 16.0 Å². The first-order valence-electron chi connectivity index (χ1n) is 5.86. The van der Waals surface area contributed by atoms with Gasteiger partial charge in [-0.1, -0.05) is 12.2 Å². The number of nitrogens with one attached hydrogen (secondary N) is 1. The van der Waals surface area contributed by atoms with Crippen LogP contribution in [0.4, 0.5) is 5.69 Å². The van der Waals surface area contributed by atoms with E-state index < -0.39 is 0 Å². The highest BCUT2D eigenvalue weighted by Gasteiger charge is 2.09. The van der Waals surface area contributed by atoms with Gasteiger partial charge in [0.15, 0.2) is 0 Å². The maximum atomic E-state index is 11.5. The molecule has 1 amide bonds. The highest BCUT2D eigenvalue weighted by Crippen LogP contribution is 2.12. The van der Waals surface area contributed by atoms with Gasteiger partial charge in [0, 0.05) is 13.1 Å². The Morgan fingerprint density at radius 3 is 2.67 bits per heavy atom. The summed E-state index contributed by atoms with van der Waals surface area (Å²) in [5, 5.41) is 2.77. The van der Waals surface area contributed by atoms with Crippen molar-refractivity contribution in [1.29, 1.82) is 0 Å². The quantitative estimate of drug-likeness (QED) is 0.741. The standard InChI is InChI=1S/C12H18N4OS/c1-3-14-11(17)8-16(4-2)9-5-6-10(12(13)18)15-7-9/h5-7H,3-4,8H2,1-2H3,(H2,13,18)(H,14,17). The van der Waals surface area contributed by atoms with Crippen LogP contribution in [0.15, 0.2) is 18.3 Å². The van der Waals surface area contributed by atoms with Gasteiger partial charge >= 0.3 is 0 Å². The largest absolute Gasteiger partial charge is 0.388 e. The van der Waals surface area contributed by atoms with Gasteiger partial charge in [-0.25, -0.2) is 0 Å². The van der Waals surface area contributed by atoms with Crippen LogP contribution in [-0.2, 0) is 4.79 Å². The average Bonchev–Trinajstić information content (AvgIpc) is 2.36. The third kappa shape index (κ3) is 3.96. The van der Waals surface area contributed by atoms with Gasteiger partial charge in [-0.15, -0.1) is 0 Å². The van der Waals surface area contributed by atoms with E-state index in [1.807, 2.05) is 24.8 Å². The van der Waals surface area contributed by atoms with E-state index in [9.17, 15) is 4.79 Å². The van der Waals surface area contributed by atoms with E-state index >= 15 is 0 Å². The Morgan fingerprint density at radius 1 is 1.50 bits per heavy atom. The maximum absolute atomic E-state index is 11.5. The van der Waals surface area contributed by atoms with E-state index in [-0.39, 0.29) is 10.9 Å². The molecule has 0 saturated carbocycles. The molecule has 0 bridgehead atoms. The van der Waals surface area contributed by atoms with E-state index in [0.717, 1.165) is 12.2 Å². The van der Waals surface area contributed by atoms with Gasteiger partial charge in [0.2, 0.25) is 5.91 Å². The van der Waals surface area contributed by atoms with Crippen molar-refractivity contribution in [3.05, 3.63) is 24.0 Å². The minimum absolute atomic E-state index is 0.00206. The fourth-order valence-electron chi connectivity index (χ4n) is 1.53. The molecule has 1 rings (SSSR count). The molecule has 0 radical (unpaired) electrons. The van der Waals surface area contributed by atoms with Crippen molar-refractivity contribution >= 4 is 28.8 Å². The zero-order valence-corrected chi connectivity index (χ0v) is 11.5. The summed E-state index contributed by atoms with van der Waals surface area (Å²) in [4.78, 5) is 17.9. The molecule has 0 aliphatic rings. The van der Waals surface area contributed by atoms with E-state index in [2.05, 4.69) is 10.3 Å². The fourth-order valence-corrected chi connectivity index (χ4v) is 1.65. The molecule has 1 aromatic rings. The molecule has 6 heteroatoms. The molecule has 0 unspecified atom stereocenters. The molecule has 0 spiro atoms. The molecular formula is C12H18N4OS. The number of thiocarbonyl (C=S) groups is 1. The summed E-state index contributed by atoms with van der Waals surface area (Å²) in [7, 11) is 0. The number of carbonyl (C=O) groups is 1. The van der Waals surface area contributed by atoms with Crippen molar-refractivity contribution in [3.63, 3.8) is 0 Å². The maximum Gasteiger partial charge on any atom is 0.239 e. The lowest BCUT2D eigenvalue weighted by Crippen LogP contribution is -2.37. The second-order valence-electron chi connectivity index (χ2n) is 3.73. The Bertz CT molecular complexity index is 419. The predicted octanol–water partition coefficient (Wildman–Crippen LogP) is 0.678. The van der Waals surface area contributed by atoms with Crippen LogP contribution in [0.5, 0.6) is 0 Å². The zero-order chi connectivity index (χ0) is 13.5. The molecule has 5 nitrogen and oxygen atoms in total. The van der Waals surface area contributed by atoms with Crippen molar-refractivity contribution in [3.8, 4) is 0 Å². The van der Waals surface area contributed by atoms with Gasteiger partial charge in [-0.05, 0) is 26.0 Å². The second-order valence-corrected chi connectivity index (χ2v) is 4.17. The monoisotopic (exact) mass is 266 g/mol. The zero-order valence-electron chi connectivity index (χ0n) is 10.6. The van der Waals surface area contributed by atoms with Crippen molar-refractivity contribution in [2.24, 2.45) is 5.73 Å². The van der Waals surface area contributed by atoms with Crippen LogP contribution in [-0.4, -0.2) is 35.5 Å². The molecule has 0 aromatic carbocycles. The number of carbonyl (C=O) groups excluding carboxylic acids is 1. The Labute approximate surface area is 112 Å². The summed E-state index contributed by atoms with van der Waals surface area (Å²) in [6.07, 6.45) is 1.68. The van der Waals surface area contributed by atoms with Crippen molar-refractivity contribution in [1.82, 2.24) is 10.3 Å². The molecule has 0 saturated heterocycles. The van der Waals surface area contributed by atoms with Crippen LogP contribution in [0.3, 0.4) is 0 Å². The van der Waals surface area contributed by atoms with Crippen LogP contribution in [0.1, 0.15) is 19.5 Å². The number of rotatable bonds is 6. The van der Waals surface area contributed by atoms with Crippen molar-refractivity contribution in [2.75, 3.05) is 24.5 Å². The van der Waals surface area contributed by atoms with E-state index in [1.165, 1.54) is 0 Å². The van der Waals surface area contributed by atoms with E-state index in [0.29, 0.717) is 18.8 Å². The minimum atomic E-state index is -0.00206. The molecule has 18 heavy (non-hydrogen) atoms. The topological polar surface area (TPSA) is 71.2 Å². The van der Waals surface area contributed by atoms with Crippen molar-refractivity contribution in [2.45, 2.75) is 13.8 Å². The molecule has 0 aliphatic heterocycles. The summed E-state index contributed by atoms with van der Waals surface area (Å²) >= 11 is 4.84. The van der Waals surface area contributed by atoms with Gasteiger partial charge in [-0.3, -0.25) is 9.78 Å². The predicted molar refractivity (Wildman–Crippen MR) is 76.7 cm³/mol. The number of likely N-dealkylation sites (N-methyl/N-ethyl adjacent to an activating group) is 2. The Hall–Kier alpha value is -1.69.